The number of ether oxygens (including phenoxy) is 3. The van der Waals surface area contributed by atoms with E-state index in [0.29, 0.717) is 51.4 Å². The first-order valence-corrected chi connectivity index (χ1v) is 12.2. The summed E-state index contributed by atoms with van der Waals surface area (Å²) in [7, 11) is 4.53. The third-order valence-electron chi connectivity index (χ3n) is 6.22. The monoisotopic (exact) mass is 521 g/mol. The molecule has 38 heavy (non-hydrogen) atoms. The van der Waals surface area contributed by atoms with Crippen molar-refractivity contribution in [3.8, 4) is 28.6 Å². The van der Waals surface area contributed by atoms with Crippen molar-refractivity contribution in [2.45, 2.75) is 25.7 Å². The molecule has 0 atom stereocenters. The molecule has 0 spiro atoms. The van der Waals surface area contributed by atoms with Crippen molar-refractivity contribution in [1.82, 2.24) is 20.3 Å². The predicted molar refractivity (Wildman–Crippen MR) is 140 cm³/mol. The molecule has 1 aliphatic rings. The summed E-state index contributed by atoms with van der Waals surface area (Å²) in [4.78, 5) is 35.7. The van der Waals surface area contributed by atoms with Crippen molar-refractivity contribution in [2.75, 3.05) is 39.7 Å². The number of hydrogen-bond donors (Lipinski definition) is 3. The van der Waals surface area contributed by atoms with Crippen LogP contribution in [-0.4, -0.2) is 66.3 Å². The Balaban J connectivity index is 1.65. The number of carbonyl (C=O) groups is 2. The van der Waals surface area contributed by atoms with E-state index in [1.165, 1.54) is 21.3 Å². The van der Waals surface area contributed by atoms with Gasteiger partial charge in [-0.05, 0) is 55.7 Å². The molecule has 2 aromatic carbocycles. The summed E-state index contributed by atoms with van der Waals surface area (Å²) in [5.41, 5.74) is 3.89. The maximum Gasteiger partial charge on any atom is 0.253 e. The van der Waals surface area contributed by atoms with E-state index in [1.54, 1.807) is 47.9 Å². The van der Waals surface area contributed by atoms with E-state index < -0.39 is 5.91 Å². The van der Waals surface area contributed by atoms with Crippen LogP contribution in [-0.2, 0) is 11.2 Å². The second kappa shape index (κ2) is 12.2. The average Bonchev–Trinajstić information content (AvgIpc) is 2.96. The highest BCUT2D eigenvalue weighted by Crippen LogP contribution is 2.40. The van der Waals surface area contributed by atoms with Crippen molar-refractivity contribution in [1.29, 1.82) is 0 Å². The normalized spacial score (nSPS) is 13.0. The topological polar surface area (TPSA) is 135 Å². The van der Waals surface area contributed by atoms with E-state index in [9.17, 15) is 9.59 Å². The van der Waals surface area contributed by atoms with Crippen LogP contribution in [0.4, 0.5) is 11.5 Å². The number of carbonyl (C=O) groups excluding carboxylic acids is 2. The SMILES string of the molecule is COc1cc(-c2nc(CC(=O)NO)cc(Nc3ccc(C(=O)N4CCCCC4)cc3)n2)cc(OC)c1OC. The molecule has 0 unspecified atom stereocenters. The van der Waals surface area contributed by atoms with Crippen LogP contribution in [0.15, 0.2) is 42.5 Å². The van der Waals surface area contributed by atoms with Crippen LogP contribution in [0.3, 0.4) is 0 Å². The molecular formula is C27H31N5O6. The zero-order valence-electron chi connectivity index (χ0n) is 21.6. The summed E-state index contributed by atoms with van der Waals surface area (Å²) in [6, 6.07) is 12.2. The number of likely N-dealkylation sites (tertiary alicyclic amines) is 1. The minimum absolute atomic E-state index is 0.0280. The van der Waals surface area contributed by atoms with Gasteiger partial charge in [-0.2, -0.15) is 0 Å². The van der Waals surface area contributed by atoms with Gasteiger partial charge in [0.1, 0.15) is 5.82 Å². The van der Waals surface area contributed by atoms with Crippen molar-refractivity contribution in [3.05, 3.63) is 53.7 Å². The smallest absolute Gasteiger partial charge is 0.253 e. The molecule has 1 saturated heterocycles. The fourth-order valence-electron chi connectivity index (χ4n) is 4.32. The summed E-state index contributed by atoms with van der Waals surface area (Å²) in [5, 5.41) is 12.2. The van der Waals surface area contributed by atoms with Gasteiger partial charge in [0.05, 0.1) is 33.4 Å². The lowest BCUT2D eigenvalue weighted by Crippen LogP contribution is -2.35. The number of methoxy groups -OCH3 is 3. The largest absolute Gasteiger partial charge is 0.493 e. The number of amides is 2. The molecule has 1 aliphatic heterocycles. The van der Waals surface area contributed by atoms with Gasteiger partial charge < -0.3 is 24.4 Å². The lowest BCUT2D eigenvalue weighted by Gasteiger charge is -2.26. The number of nitrogens with one attached hydrogen (secondary N) is 2. The van der Waals surface area contributed by atoms with Gasteiger partial charge in [-0.1, -0.05) is 0 Å². The van der Waals surface area contributed by atoms with Crippen molar-refractivity contribution < 1.29 is 29.0 Å². The Morgan fingerprint density at radius 3 is 2.16 bits per heavy atom. The summed E-state index contributed by atoms with van der Waals surface area (Å²) in [6.07, 6.45) is 3.05. The first-order chi connectivity index (χ1) is 18.4. The lowest BCUT2D eigenvalue weighted by molar-refractivity contribution is -0.128. The van der Waals surface area contributed by atoms with Crippen LogP contribution in [0.5, 0.6) is 17.2 Å². The molecule has 1 fully saturated rings. The fourth-order valence-corrected chi connectivity index (χ4v) is 4.32. The quantitative estimate of drug-likeness (QED) is 0.285. The van der Waals surface area contributed by atoms with Crippen LogP contribution in [0, 0.1) is 0 Å². The minimum atomic E-state index is -0.619. The predicted octanol–water partition coefficient (Wildman–Crippen LogP) is 3.59. The minimum Gasteiger partial charge on any atom is -0.493 e. The van der Waals surface area contributed by atoms with Crippen LogP contribution in [0.25, 0.3) is 11.4 Å². The number of anilines is 2. The summed E-state index contributed by atoms with van der Waals surface area (Å²) < 4.78 is 16.3. The van der Waals surface area contributed by atoms with E-state index in [0.717, 1.165) is 32.4 Å². The van der Waals surface area contributed by atoms with E-state index in [-0.39, 0.29) is 12.3 Å². The zero-order chi connectivity index (χ0) is 27.1. The van der Waals surface area contributed by atoms with Crippen molar-refractivity contribution >= 4 is 23.3 Å². The van der Waals surface area contributed by atoms with E-state index in [1.807, 2.05) is 4.90 Å². The van der Waals surface area contributed by atoms with Gasteiger partial charge in [-0.3, -0.25) is 14.8 Å². The molecule has 0 radical (unpaired) electrons. The van der Waals surface area contributed by atoms with Crippen molar-refractivity contribution in [3.63, 3.8) is 0 Å². The van der Waals surface area contributed by atoms with Gasteiger partial charge in [0.25, 0.3) is 5.91 Å². The standard InChI is InChI=1S/C27H31N5O6/c1-36-21-13-18(14-22(37-2)25(21)38-3)26-29-20(16-24(33)31-35)15-23(30-26)28-19-9-7-17(8-10-19)27(34)32-11-5-4-6-12-32/h7-10,13-15,35H,4-6,11-12,16H2,1-3H3,(H,31,33)(H,28,29,30). The molecule has 1 aromatic heterocycles. The molecule has 4 rings (SSSR count). The zero-order valence-corrected chi connectivity index (χ0v) is 21.6. The molecule has 11 heteroatoms. The summed E-state index contributed by atoms with van der Waals surface area (Å²) in [5.74, 6) is 1.39. The van der Waals surface area contributed by atoms with Crippen LogP contribution in [0.2, 0.25) is 0 Å². The third kappa shape index (κ3) is 6.12. The molecule has 2 amide bonds. The van der Waals surface area contributed by atoms with Gasteiger partial charge in [0, 0.05) is 36.0 Å². The van der Waals surface area contributed by atoms with Crippen LogP contribution in [0.1, 0.15) is 35.3 Å². The molecule has 11 nitrogen and oxygen atoms in total. The second-order valence-corrected chi connectivity index (χ2v) is 8.75. The maximum atomic E-state index is 12.8. The second-order valence-electron chi connectivity index (χ2n) is 8.75. The molecule has 0 aliphatic carbocycles. The third-order valence-corrected chi connectivity index (χ3v) is 6.22. The highest BCUT2D eigenvalue weighted by molar-refractivity contribution is 5.94. The fraction of sp³-hybridized carbons (Fsp3) is 0.333. The number of piperidine rings is 1. The van der Waals surface area contributed by atoms with Gasteiger partial charge in [0.2, 0.25) is 11.7 Å². The molecule has 3 N–H and O–H groups in total. The van der Waals surface area contributed by atoms with Crippen LogP contribution < -0.4 is 25.0 Å². The number of nitrogens with zero attached hydrogens (tertiary/aromatic N) is 3. The van der Waals surface area contributed by atoms with Crippen molar-refractivity contribution in [2.24, 2.45) is 0 Å². The molecule has 0 saturated carbocycles. The number of rotatable bonds is 9. The van der Waals surface area contributed by atoms with Gasteiger partial charge in [-0.15, -0.1) is 0 Å². The maximum absolute atomic E-state index is 12.8. The number of hydrogen-bond acceptors (Lipinski definition) is 9. The molecule has 200 valence electrons. The lowest BCUT2D eigenvalue weighted by atomic mass is 10.1. The Labute approximate surface area is 220 Å². The Morgan fingerprint density at radius 2 is 1.58 bits per heavy atom. The summed E-state index contributed by atoms with van der Waals surface area (Å²) in [6.45, 7) is 1.57. The molecule has 0 bridgehead atoms. The number of benzene rings is 2. The Hall–Kier alpha value is -4.38. The Morgan fingerprint density at radius 1 is 0.921 bits per heavy atom. The van der Waals surface area contributed by atoms with E-state index >= 15 is 0 Å². The molecule has 2 heterocycles. The van der Waals surface area contributed by atoms with Gasteiger partial charge in [-0.25, -0.2) is 15.4 Å². The Bertz CT molecular complexity index is 1270. The first kappa shape index (κ1) is 26.7. The highest BCUT2D eigenvalue weighted by Gasteiger charge is 2.19. The number of aromatic nitrogens is 2. The average molecular weight is 522 g/mol. The van der Waals surface area contributed by atoms with E-state index in [2.05, 4.69) is 15.3 Å². The first-order valence-electron chi connectivity index (χ1n) is 12.2. The molecular weight excluding hydrogens is 490 g/mol. The highest BCUT2D eigenvalue weighted by atomic mass is 16.5. The van der Waals surface area contributed by atoms with E-state index in [4.69, 9.17) is 19.4 Å². The summed E-state index contributed by atoms with van der Waals surface area (Å²) >= 11 is 0. The Kier molecular flexibility index (Phi) is 8.59. The van der Waals surface area contributed by atoms with Crippen LogP contribution >= 0.6 is 0 Å². The van der Waals surface area contributed by atoms with Gasteiger partial charge >= 0.3 is 0 Å². The molecule has 3 aromatic rings. The number of hydroxylamine groups is 1. The van der Waals surface area contributed by atoms with Gasteiger partial charge in [0.15, 0.2) is 17.3 Å².